The van der Waals surface area contributed by atoms with Crippen molar-refractivity contribution >= 4 is 45.6 Å². The van der Waals surface area contributed by atoms with E-state index in [2.05, 4.69) is 16.9 Å². The molecule has 3 aromatic rings. The molecule has 0 bridgehead atoms. The Kier molecular flexibility index (Phi) is 4.98. The molecule has 0 saturated carbocycles. The lowest BCUT2D eigenvalue weighted by atomic mass is 10.1. The molecule has 0 saturated heterocycles. The van der Waals surface area contributed by atoms with Crippen molar-refractivity contribution in [2.45, 2.75) is 6.42 Å². The molecule has 2 heterocycles. The van der Waals surface area contributed by atoms with Gasteiger partial charge in [0.05, 0.1) is 5.69 Å². The lowest BCUT2D eigenvalue weighted by Gasteiger charge is -2.16. The van der Waals surface area contributed by atoms with Crippen molar-refractivity contribution in [1.29, 1.82) is 0 Å². The van der Waals surface area contributed by atoms with Gasteiger partial charge in [0.2, 0.25) is 5.91 Å². The number of fused-ring (bicyclic) bond motifs is 1. The molecule has 1 N–H and O–H groups in total. The first-order valence-electron chi connectivity index (χ1n) is 8.65. The zero-order chi connectivity index (χ0) is 19.7. The van der Waals surface area contributed by atoms with Crippen LogP contribution in [0.2, 0.25) is 5.02 Å². The van der Waals surface area contributed by atoms with Crippen LogP contribution in [0.25, 0.3) is 17.0 Å². The maximum absolute atomic E-state index is 12.5. The minimum absolute atomic E-state index is 0.122. The standard InChI is InChI=1S/C21H16ClN3O2S/c1-13-14-6-2-3-7-15(14)20(27)25(13)11-10-19(26)24-21-23-18(12-28-21)16-8-4-5-9-17(16)22/h2-9,12H,1,10-11H2,(H,23,24,26). The summed E-state index contributed by atoms with van der Waals surface area (Å²) in [5, 5.41) is 5.73. The molecule has 2 aromatic carbocycles. The van der Waals surface area contributed by atoms with E-state index in [1.165, 1.54) is 11.3 Å². The Hall–Kier alpha value is -2.96. The number of nitrogens with zero attached hydrogens (tertiary/aromatic N) is 2. The van der Waals surface area contributed by atoms with Gasteiger partial charge in [-0.2, -0.15) is 0 Å². The summed E-state index contributed by atoms with van der Waals surface area (Å²) in [6.45, 7) is 4.25. The predicted molar refractivity (Wildman–Crippen MR) is 112 cm³/mol. The summed E-state index contributed by atoms with van der Waals surface area (Å²) in [5.41, 5.74) is 3.60. The van der Waals surface area contributed by atoms with E-state index in [9.17, 15) is 9.59 Å². The fourth-order valence-electron chi connectivity index (χ4n) is 3.09. The smallest absolute Gasteiger partial charge is 0.258 e. The number of carbonyl (C=O) groups excluding carboxylic acids is 2. The largest absolute Gasteiger partial charge is 0.308 e. The van der Waals surface area contributed by atoms with E-state index in [-0.39, 0.29) is 24.8 Å². The molecule has 1 aliphatic rings. The number of hydrogen-bond acceptors (Lipinski definition) is 4. The van der Waals surface area contributed by atoms with Gasteiger partial charge in [0, 0.05) is 45.8 Å². The Balaban J connectivity index is 1.38. The molecule has 7 heteroatoms. The third-order valence-electron chi connectivity index (χ3n) is 4.50. The van der Waals surface area contributed by atoms with Gasteiger partial charge in [0.25, 0.3) is 5.91 Å². The van der Waals surface area contributed by atoms with Crippen molar-refractivity contribution in [3.63, 3.8) is 0 Å². The molecule has 0 aliphatic carbocycles. The van der Waals surface area contributed by atoms with Crippen LogP contribution >= 0.6 is 22.9 Å². The number of aromatic nitrogens is 1. The summed E-state index contributed by atoms with van der Waals surface area (Å²) < 4.78 is 0. The number of rotatable bonds is 5. The van der Waals surface area contributed by atoms with Gasteiger partial charge in [0.1, 0.15) is 0 Å². The van der Waals surface area contributed by atoms with Crippen LogP contribution in [-0.2, 0) is 4.79 Å². The normalized spacial score (nSPS) is 13.0. The summed E-state index contributed by atoms with van der Waals surface area (Å²) in [7, 11) is 0. The SMILES string of the molecule is C=C1c2ccccc2C(=O)N1CCC(=O)Nc1nc(-c2ccccc2Cl)cs1. The fourth-order valence-corrected chi connectivity index (χ4v) is 4.05. The lowest BCUT2D eigenvalue weighted by molar-refractivity contribution is -0.116. The van der Waals surface area contributed by atoms with Gasteiger partial charge in [-0.15, -0.1) is 11.3 Å². The van der Waals surface area contributed by atoms with Crippen LogP contribution in [-0.4, -0.2) is 28.2 Å². The number of halogens is 1. The average Bonchev–Trinajstić information content (AvgIpc) is 3.24. The van der Waals surface area contributed by atoms with Crippen LogP contribution in [0.3, 0.4) is 0 Å². The fraction of sp³-hybridized carbons (Fsp3) is 0.0952. The van der Waals surface area contributed by atoms with Gasteiger partial charge in [-0.25, -0.2) is 4.98 Å². The van der Waals surface area contributed by atoms with Crippen LogP contribution in [0, 0.1) is 0 Å². The quantitative estimate of drug-likeness (QED) is 0.650. The van der Waals surface area contributed by atoms with E-state index < -0.39 is 0 Å². The van der Waals surface area contributed by atoms with Crippen molar-refractivity contribution in [3.05, 3.63) is 76.6 Å². The second-order valence-corrected chi connectivity index (χ2v) is 7.53. The van der Waals surface area contributed by atoms with Crippen LogP contribution in [0.4, 0.5) is 5.13 Å². The second-order valence-electron chi connectivity index (χ2n) is 6.26. The van der Waals surface area contributed by atoms with Gasteiger partial charge in [-0.1, -0.05) is 54.6 Å². The summed E-state index contributed by atoms with van der Waals surface area (Å²) in [5.74, 6) is -0.333. The monoisotopic (exact) mass is 409 g/mol. The van der Waals surface area contributed by atoms with Crippen molar-refractivity contribution in [1.82, 2.24) is 9.88 Å². The van der Waals surface area contributed by atoms with Crippen LogP contribution in [0.1, 0.15) is 22.3 Å². The summed E-state index contributed by atoms with van der Waals surface area (Å²) in [6, 6.07) is 14.7. The molecule has 0 fully saturated rings. The topological polar surface area (TPSA) is 62.3 Å². The zero-order valence-corrected chi connectivity index (χ0v) is 16.4. The summed E-state index contributed by atoms with van der Waals surface area (Å²) in [4.78, 5) is 30.8. The Labute approximate surface area is 171 Å². The molecule has 0 spiro atoms. The maximum Gasteiger partial charge on any atom is 0.258 e. The molecular formula is C21H16ClN3O2S. The molecule has 28 heavy (non-hydrogen) atoms. The Morgan fingerprint density at radius 2 is 1.79 bits per heavy atom. The summed E-state index contributed by atoms with van der Waals surface area (Å²) >= 11 is 7.52. The van der Waals surface area contributed by atoms with Crippen molar-refractivity contribution < 1.29 is 9.59 Å². The number of thiazole rings is 1. The first-order chi connectivity index (χ1) is 13.5. The number of anilines is 1. The van der Waals surface area contributed by atoms with Gasteiger partial charge < -0.3 is 10.2 Å². The molecular weight excluding hydrogens is 394 g/mol. The van der Waals surface area contributed by atoms with E-state index in [0.29, 0.717) is 27.1 Å². The van der Waals surface area contributed by atoms with E-state index in [4.69, 9.17) is 11.6 Å². The average molecular weight is 410 g/mol. The number of benzene rings is 2. The molecule has 2 amide bonds. The van der Waals surface area contributed by atoms with Crippen LogP contribution < -0.4 is 5.32 Å². The molecule has 5 nitrogen and oxygen atoms in total. The van der Waals surface area contributed by atoms with Crippen LogP contribution in [0.5, 0.6) is 0 Å². The van der Waals surface area contributed by atoms with Gasteiger partial charge in [0.15, 0.2) is 5.13 Å². The van der Waals surface area contributed by atoms with Crippen molar-refractivity contribution in [2.75, 3.05) is 11.9 Å². The highest BCUT2D eigenvalue weighted by Gasteiger charge is 2.30. The highest BCUT2D eigenvalue weighted by molar-refractivity contribution is 7.14. The van der Waals surface area contributed by atoms with Crippen molar-refractivity contribution in [2.24, 2.45) is 0 Å². The van der Waals surface area contributed by atoms with Gasteiger partial charge in [-0.3, -0.25) is 9.59 Å². The molecule has 1 aliphatic heterocycles. The molecule has 0 atom stereocenters. The number of amides is 2. The number of hydrogen-bond donors (Lipinski definition) is 1. The minimum Gasteiger partial charge on any atom is -0.308 e. The Bertz CT molecular complexity index is 1060. The third-order valence-corrected chi connectivity index (χ3v) is 5.59. The first-order valence-corrected chi connectivity index (χ1v) is 9.91. The van der Waals surface area contributed by atoms with E-state index in [1.807, 2.05) is 41.8 Å². The lowest BCUT2D eigenvalue weighted by Crippen LogP contribution is -2.27. The van der Waals surface area contributed by atoms with E-state index in [0.717, 1.165) is 11.1 Å². The second kappa shape index (κ2) is 7.58. The first kappa shape index (κ1) is 18.4. The molecule has 0 radical (unpaired) electrons. The zero-order valence-electron chi connectivity index (χ0n) is 14.8. The van der Waals surface area contributed by atoms with Crippen LogP contribution in [0.15, 0.2) is 60.5 Å². The Morgan fingerprint density at radius 3 is 2.50 bits per heavy atom. The Morgan fingerprint density at radius 1 is 1.11 bits per heavy atom. The number of carbonyl (C=O) groups is 2. The minimum atomic E-state index is -0.211. The van der Waals surface area contributed by atoms with Crippen molar-refractivity contribution in [3.8, 4) is 11.3 Å². The van der Waals surface area contributed by atoms with Gasteiger partial charge in [-0.05, 0) is 12.1 Å². The molecule has 1 aromatic heterocycles. The molecule has 140 valence electrons. The highest BCUT2D eigenvalue weighted by atomic mass is 35.5. The third kappa shape index (κ3) is 3.44. The highest BCUT2D eigenvalue weighted by Crippen LogP contribution is 2.32. The predicted octanol–water partition coefficient (Wildman–Crippen LogP) is 4.92. The maximum atomic E-state index is 12.5. The van der Waals surface area contributed by atoms with E-state index >= 15 is 0 Å². The van der Waals surface area contributed by atoms with E-state index in [1.54, 1.807) is 17.0 Å². The summed E-state index contributed by atoms with van der Waals surface area (Å²) in [6.07, 6.45) is 0.153. The molecule has 4 rings (SSSR count). The van der Waals surface area contributed by atoms with Gasteiger partial charge >= 0.3 is 0 Å². The molecule has 0 unspecified atom stereocenters. The number of nitrogens with one attached hydrogen (secondary N) is 1.